The van der Waals surface area contributed by atoms with Crippen LogP contribution in [0.5, 0.6) is 0 Å². The quantitative estimate of drug-likeness (QED) is 0.534. The zero-order valence-corrected chi connectivity index (χ0v) is 19.6. The Morgan fingerprint density at radius 2 is 1.97 bits per heavy atom. The van der Waals surface area contributed by atoms with Crippen molar-refractivity contribution in [3.8, 4) is 11.3 Å². The first-order valence-electron chi connectivity index (χ1n) is 12.0. The van der Waals surface area contributed by atoms with E-state index in [1.807, 2.05) is 35.5 Å². The maximum absolute atomic E-state index is 12.8. The number of pyridine rings is 1. The molecule has 178 valence electrons. The molecule has 11 heteroatoms. The van der Waals surface area contributed by atoms with Gasteiger partial charge in [0.25, 0.3) is 5.91 Å². The van der Waals surface area contributed by atoms with Gasteiger partial charge in [-0.2, -0.15) is 15.0 Å². The number of hydrogen-bond donors (Lipinski definition) is 3. The lowest BCUT2D eigenvalue weighted by atomic mass is 10.0. The molecule has 2 amide bonds. The fourth-order valence-corrected chi connectivity index (χ4v) is 3.74. The van der Waals surface area contributed by atoms with Gasteiger partial charge in [-0.1, -0.05) is 12.1 Å². The molecular weight excluding hydrogens is 436 g/mol. The topological polar surface area (TPSA) is 126 Å². The van der Waals surface area contributed by atoms with Gasteiger partial charge in [0.1, 0.15) is 22.8 Å². The van der Waals surface area contributed by atoms with Gasteiger partial charge in [-0.3, -0.25) is 10.1 Å². The highest BCUT2D eigenvalue weighted by molar-refractivity contribution is 6.02. The third kappa shape index (κ3) is 4.63. The summed E-state index contributed by atoms with van der Waals surface area (Å²) >= 11 is 0. The van der Waals surface area contributed by atoms with Crippen molar-refractivity contribution >= 4 is 34.9 Å². The number of amides is 2. The number of fused-ring (bicyclic) bond motifs is 3. The van der Waals surface area contributed by atoms with Crippen LogP contribution in [0.1, 0.15) is 40.9 Å². The van der Waals surface area contributed by atoms with Crippen LogP contribution in [-0.2, 0) is 18.3 Å². The van der Waals surface area contributed by atoms with Crippen LogP contribution in [0.2, 0.25) is 0 Å². The number of rotatable bonds is 4. The van der Waals surface area contributed by atoms with E-state index in [1.165, 1.54) is 17.1 Å². The summed E-state index contributed by atoms with van der Waals surface area (Å²) in [7, 11) is 3.66. The van der Waals surface area contributed by atoms with Crippen LogP contribution in [0.15, 0.2) is 30.5 Å². The minimum atomic E-state index is -2.70. The molecule has 0 saturated carbocycles. The summed E-state index contributed by atoms with van der Waals surface area (Å²) in [6.45, 7) is 3.01. The van der Waals surface area contributed by atoms with Gasteiger partial charge in [0.05, 0.1) is 29.2 Å². The highest BCUT2D eigenvalue weighted by atomic mass is 16.6. The molecule has 0 bridgehead atoms. The van der Waals surface area contributed by atoms with Crippen molar-refractivity contribution in [3.63, 3.8) is 0 Å². The smallest absolute Gasteiger partial charge is 0.413 e. The molecule has 0 radical (unpaired) electrons. The summed E-state index contributed by atoms with van der Waals surface area (Å²) in [5, 5.41) is 16.7. The van der Waals surface area contributed by atoms with E-state index in [0.717, 1.165) is 22.6 Å². The Kier molecular flexibility index (Phi) is 4.92. The summed E-state index contributed by atoms with van der Waals surface area (Å²) in [6.07, 6.45) is 0.466. The highest BCUT2D eigenvalue weighted by Crippen LogP contribution is 2.42. The summed E-state index contributed by atoms with van der Waals surface area (Å²) in [5.41, 5.74) is 3.36. The van der Waals surface area contributed by atoms with Crippen molar-refractivity contribution in [3.05, 3.63) is 41.7 Å². The van der Waals surface area contributed by atoms with E-state index >= 15 is 0 Å². The largest absolute Gasteiger partial charge is 0.444 e. The van der Waals surface area contributed by atoms with Crippen LogP contribution in [0, 0.1) is 0 Å². The monoisotopic (exact) mass is 467 g/mol. The molecule has 11 nitrogen and oxygen atoms in total. The molecule has 0 spiro atoms. The highest BCUT2D eigenvalue weighted by Gasteiger charge is 2.27. The lowest BCUT2D eigenvalue weighted by Crippen LogP contribution is -2.27. The fourth-order valence-electron chi connectivity index (χ4n) is 3.74. The third-order valence-electron chi connectivity index (χ3n) is 5.00. The van der Waals surface area contributed by atoms with Gasteiger partial charge in [0, 0.05) is 43.0 Å². The normalized spacial score (nSPS) is 14.1. The first-order valence-corrected chi connectivity index (χ1v) is 10.5. The van der Waals surface area contributed by atoms with Gasteiger partial charge in [0.15, 0.2) is 0 Å². The van der Waals surface area contributed by atoms with Crippen molar-refractivity contribution in [2.45, 2.75) is 32.9 Å². The second kappa shape index (κ2) is 8.65. The molecule has 0 atom stereocenters. The van der Waals surface area contributed by atoms with E-state index in [9.17, 15) is 9.59 Å². The third-order valence-corrected chi connectivity index (χ3v) is 5.00. The minimum Gasteiger partial charge on any atom is -0.444 e. The van der Waals surface area contributed by atoms with Crippen molar-refractivity contribution in [1.29, 1.82) is 0 Å². The molecule has 4 rings (SSSR count). The minimum absolute atomic E-state index is 0.0258. The van der Waals surface area contributed by atoms with Crippen LogP contribution in [0.4, 0.5) is 27.7 Å². The first-order chi connectivity index (χ1) is 17.2. The molecule has 0 unspecified atom stereocenters. The number of hydrogen-bond acceptors (Lipinski definition) is 8. The van der Waals surface area contributed by atoms with Crippen molar-refractivity contribution in [2.75, 3.05) is 29.6 Å². The average Bonchev–Trinajstić information content (AvgIpc) is 3.11. The predicted molar refractivity (Wildman–Crippen MR) is 129 cm³/mol. The molecule has 2 aromatic heterocycles. The van der Waals surface area contributed by atoms with Gasteiger partial charge in [0.2, 0.25) is 0 Å². The Morgan fingerprint density at radius 1 is 1.18 bits per heavy atom. The first kappa shape index (κ1) is 19.3. The zero-order chi connectivity index (χ0) is 27.1. The van der Waals surface area contributed by atoms with E-state index in [0.29, 0.717) is 12.2 Å². The van der Waals surface area contributed by atoms with Gasteiger partial charge in [-0.25, -0.2) is 9.78 Å². The fraction of sp³-hybridized carbons (Fsp3) is 0.348. The van der Waals surface area contributed by atoms with Crippen LogP contribution in [-0.4, -0.2) is 51.6 Å². The standard InChI is InChI=1S/C23H28N8O3/c1-23(2,3)34-22(33)27-18-10-16(14(11-25-18)21(32)24-4)26-15-9-7-8-13-19-17(28-31(6)29-19)12-30(5)20(13)15/h7-11H,12H2,1-6H3,(H,24,32)(H2,25,26,27,33)/i4D3. The number of aryl methyl sites for hydroxylation is 1. The summed E-state index contributed by atoms with van der Waals surface area (Å²) in [4.78, 5) is 32.7. The summed E-state index contributed by atoms with van der Waals surface area (Å²) in [6, 6.07) is 7.02. The van der Waals surface area contributed by atoms with Crippen molar-refractivity contribution in [1.82, 2.24) is 25.3 Å². The lowest BCUT2D eigenvalue weighted by molar-refractivity contribution is 0.0635. The predicted octanol–water partition coefficient (Wildman–Crippen LogP) is 3.28. The maximum Gasteiger partial charge on any atom is 0.413 e. The number of carbonyl (C=O) groups is 2. The van der Waals surface area contributed by atoms with E-state index in [1.54, 1.807) is 27.8 Å². The number of aromatic nitrogens is 4. The molecule has 1 aliphatic rings. The van der Waals surface area contributed by atoms with Crippen molar-refractivity contribution < 1.29 is 18.4 Å². The van der Waals surface area contributed by atoms with E-state index in [2.05, 4.69) is 25.8 Å². The van der Waals surface area contributed by atoms with Crippen LogP contribution in [0.25, 0.3) is 11.3 Å². The summed E-state index contributed by atoms with van der Waals surface area (Å²) < 4.78 is 27.5. The lowest BCUT2D eigenvalue weighted by Gasteiger charge is -2.29. The molecule has 0 saturated heterocycles. The Morgan fingerprint density at radius 3 is 2.71 bits per heavy atom. The Labute approximate surface area is 201 Å². The summed E-state index contributed by atoms with van der Waals surface area (Å²) in [5.74, 6) is -0.746. The number of anilines is 4. The van der Waals surface area contributed by atoms with Crippen LogP contribution >= 0.6 is 0 Å². The number of benzene rings is 1. The molecule has 1 aromatic carbocycles. The van der Waals surface area contributed by atoms with E-state index in [4.69, 9.17) is 8.85 Å². The van der Waals surface area contributed by atoms with E-state index in [-0.39, 0.29) is 17.1 Å². The Balaban J connectivity index is 1.74. The second-order valence-corrected chi connectivity index (χ2v) is 8.86. The SMILES string of the molecule is [2H]C([2H])([2H])NC(=O)c1cnc(NC(=O)OC(C)(C)C)cc1Nc1cccc2c1N(C)Cc1nn(C)nc1-2. The Hall–Kier alpha value is -4.15. The molecule has 3 aromatic rings. The molecular formula is C23H28N8O3. The molecule has 0 aliphatic carbocycles. The number of carbonyl (C=O) groups excluding carboxylic acids is 2. The van der Waals surface area contributed by atoms with E-state index < -0.39 is 24.6 Å². The molecule has 3 heterocycles. The van der Waals surface area contributed by atoms with Crippen molar-refractivity contribution in [2.24, 2.45) is 7.05 Å². The Bertz CT molecular complexity index is 1360. The molecule has 34 heavy (non-hydrogen) atoms. The van der Waals surface area contributed by atoms with Gasteiger partial charge >= 0.3 is 6.09 Å². The number of ether oxygens (including phenoxy) is 1. The van der Waals surface area contributed by atoms with Gasteiger partial charge < -0.3 is 20.3 Å². The molecule has 3 N–H and O–H groups in total. The maximum atomic E-state index is 12.8. The second-order valence-electron chi connectivity index (χ2n) is 8.86. The number of nitrogens with zero attached hydrogens (tertiary/aromatic N) is 5. The van der Waals surface area contributed by atoms with Gasteiger partial charge in [-0.15, -0.1) is 0 Å². The number of para-hydroxylation sites is 1. The molecule has 1 aliphatic heterocycles. The average molecular weight is 468 g/mol. The molecule has 0 fully saturated rings. The van der Waals surface area contributed by atoms with Gasteiger partial charge in [-0.05, 0) is 26.8 Å². The number of nitrogens with one attached hydrogen (secondary N) is 3. The van der Waals surface area contributed by atoms with Crippen LogP contribution in [0.3, 0.4) is 0 Å². The van der Waals surface area contributed by atoms with Crippen LogP contribution < -0.4 is 20.9 Å². The zero-order valence-electron chi connectivity index (χ0n) is 22.6.